The Kier molecular flexibility index (Phi) is 6.18. The molecule has 136 valence electrons. The molecule has 0 amide bonds. The smallest absolute Gasteiger partial charge is 0.137 e. The van der Waals surface area contributed by atoms with Crippen molar-refractivity contribution < 1.29 is 14.6 Å². The molecule has 3 heterocycles. The molecule has 1 aromatic heterocycles. The maximum Gasteiger partial charge on any atom is 0.137 e. The minimum Gasteiger partial charge on any atom is -0.390 e. The molecular formula is C16H29N5O3. The van der Waals surface area contributed by atoms with Crippen molar-refractivity contribution in [3.63, 3.8) is 0 Å². The van der Waals surface area contributed by atoms with Gasteiger partial charge in [0.2, 0.25) is 0 Å². The van der Waals surface area contributed by atoms with Crippen LogP contribution in [0.1, 0.15) is 13.8 Å². The summed E-state index contributed by atoms with van der Waals surface area (Å²) in [6.45, 7) is 10.4. The van der Waals surface area contributed by atoms with E-state index in [9.17, 15) is 5.11 Å². The van der Waals surface area contributed by atoms with Gasteiger partial charge in [-0.05, 0) is 13.8 Å². The van der Waals surface area contributed by atoms with Gasteiger partial charge in [-0.1, -0.05) is 0 Å². The number of hydrogen-bond acceptors (Lipinski definition) is 7. The van der Waals surface area contributed by atoms with Crippen LogP contribution in [0.15, 0.2) is 12.7 Å². The van der Waals surface area contributed by atoms with Crippen LogP contribution in [0.3, 0.4) is 0 Å². The normalized spacial score (nSPS) is 31.2. The molecule has 0 radical (unpaired) electrons. The van der Waals surface area contributed by atoms with E-state index in [4.69, 9.17) is 9.47 Å². The molecule has 24 heavy (non-hydrogen) atoms. The number of aliphatic hydroxyl groups excluding tert-OH is 1. The molecule has 0 aromatic carbocycles. The molecule has 1 aromatic rings. The number of aromatic nitrogens is 3. The monoisotopic (exact) mass is 339 g/mol. The van der Waals surface area contributed by atoms with Crippen molar-refractivity contribution in [1.82, 2.24) is 24.6 Å². The molecule has 1 N–H and O–H groups in total. The van der Waals surface area contributed by atoms with Gasteiger partial charge in [0.1, 0.15) is 12.7 Å². The Balaban J connectivity index is 1.42. The fraction of sp³-hybridized carbons (Fsp3) is 0.875. The summed E-state index contributed by atoms with van der Waals surface area (Å²) in [5, 5.41) is 14.6. The summed E-state index contributed by atoms with van der Waals surface area (Å²) in [5.41, 5.74) is 0. The molecule has 2 fully saturated rings. The number of rotatable bonds is 6. The van der Waals surface area contributed by atoms with Gasteiger partial charge in [0.25, 0.3) is 0 Å². The fourth-order valence-corrected chi connectivity index (χ4v) is 3.68. The predicted molar refractivity (Wildman–Crippen MR) is 88.7 cm³/mol. The lowest BCUT2D eigenvalue weighted by Gasteiger charge is -2.38. The zero-order valence-corrected chi connectivity index (χ0v) is 14.6. The van der Waals surface area contributed by atoms with Crippen molar-refractivity contribution in [3.8, 4) is 0 Å². The third-order valence-corrected chi connectivity index (χ3v) is 4.51. The lowest BCUT2D eigenvalue weighted by molar-refractivity contribution is -0.0831. The van der Waals surface area contributed by atoms with Gasteiger partial charge in [-0.3, -0.25) is 14.5 Å². The Hall–Kier alpha value is -1.06. The van der Waals surface area contributed by atoms with E-state index < -0.39 is 0 Å². The zero-order chi connectivity index (χ0) is 16.9. The Morgan fingerprint density at radius 1 is 1.17 bits per heavy atom. The van der Waals surface area contributed by atoms with E-state index in [1.807, 2.05) is 0 Å². The van der Waals surface area contributed by atoms with Gasteiger partial charge in [0, 0.05) is 39.3 Å². The molecular weight excluding hydrogens is 310 g/mol. The topological polar surface area (TPSA) is 75.9 Å². The van der Waals surface area contributed by atoms with Crippen LogP contribution in [0.2, 0.25) is 0 Å². The van der Waals surface area contributed by atoms with Crippen LogP contribution in [0.4, 0.5) is 0 Å². The van der Waals surface area contributed by atoms with E-state index in [-0.39, 0.29) is 24.4 Å². The minimum atomic E-state index is -0.354. The molecule has 2 aliphatic heterocycles. The molecule has 0 aliphatic carbocycles. The van der Waals surface area contributed by atoms with Crippen LogP contribution in [0.25, 0.3) is 0 Å². The molecule has 3 rings (SSSR count). The van der Waals surface area contributed by atoms with E-state index >= 15 is 0 Å². The molecule has 0 saturated carbocycles. The summed E-state index contributed by atoms with van der Waals surface area (Å²) in [7, 11) is 0. The minimum absolute atomic E-state index is 0.0936. The van der Waals surface area contributed by atoms with Crippen LogP contribution in [0.5, 0.6) is 0 Å². The lowest BCUT2D eigenvalue weighted by Crippen LogP contribution is -2.51. The third kappa shape index (κ3) is 5.22. The first-order valence-corrected chi connectivity index (χ1v) is 8.80. The number of aliphatic hydroxyl groups is 1. The van der Waals surface area contributed by atoms with E-state index in [2.05, 4.69) is 33.7 Å². The predicted octanol–water partition coefficient (Wildman–Crippen LogP) is -0.551. The van der Waals surface area contributed by atoms with Crippen molar-refractivity contribution in [2.24, 2.45) is 0 Å². The SMILES string of the molecule is CC1CN(CC(O)CN2CCOC(Cn3cncn3)C2)CC(C)O1. The van der Waals surface area contributed by atoms with Crippen LogP contribution in [-0.2, 0) is 16.0 Å². The molecule has 2 saturated heterocycles. The summed E-state index contributed by atoms with van der Waals surface area (Å²) < 4.78 is 13.3. The molecule has 8 heteroatoms. The van der Waals surface area contributed by atoms with Crippen LogP contribution in [0, 0.1) is 0 Å². The Labute approximate surface area is 143 Å². The second-order valence-corrected chi connectivity index (χ2v) is 7.00. The van der Waals surface area contributed by atoms with Crippen LogP contribution in [-0.4, -0.2) is 100.0 Å². The highest BCUT2D eigenvalue weighted by molar-refractivity contribution is 4.79. The van der Waals surface area contributed by atoms with E-state index in [0.717, 1.165) is 26.2 Å². The standard InChI is InChI=1S/C16H29N5O3/c1-13-5-20(6-14(2)24-13)8-15(22)7-19-3-4-23-16(9-19)10-21-12-17-11-18-21/h11-16,22H,3-10H2,1-2H3. The largest absolute Gasteiger partial charge is 0.390 e. The van der Waals surface area contributed by atoms with Crippen molar-refractivity contribution in [2.45, 2.75) is 44.8 Å². The first-order valence-electron chi connectivity index (χ1n) is 8.80. The van der Waals surface area contributed by atoms with Gasteiger partial charge < -0.3 is 14.6 Å². The first kappa shape index (κ1) is 17.8. The fourth-order valence-electron chi connectivity index (χ4n) is 3.68. The molecule has 4 unspecified atom stereocenters. The van der Waals surface area contributed by atoms with Crippen molar-refractivity contribution in [2.75, 3.05) is 45.9 Å². The second-order valence-electron chi connectivity index (χ2n) is 7.00. The molecule has 0 spiro atoms. The molecule has 0 bridgehead atoms. The summed E-state index contributed by atoms with van der Waals surface area (Å²) in [6, 6.07) is 0. The van der Waals surface area contributed by atoms with Gasteiger partial charge >= 0.3 is 0 Å². The van der Waals surface area contributed by atoms with Gasteiger partial charge in [-0.25, -0.2) is 4.98 Å². The summed E-state index contributed by atoms with van der Waals surface area (Å²) in [4.78, 5) is 8.54. The molecule has 4 atom stereocenters. The van der Waals surface area contributed by atoms with Crippen molar-refractivity contribution >= 4 is 0 Å². The summed E-state index contributed by atoms with van der Waals surface area (Å²) in [6.07, 6.45) is 3.45. The number of morpholine rings is 2. The maximum atomic E-state index is 10.5. The van der Waals surface area contributed by atoms with Crippen molar-refractivity contribution in [3.05, 3.63) is 12.7 Å². The van der Waals surface area contributed by atoms with E-state index in [1.54, 1.807) is 11.0 Å². The third-order valence-electron chi connectivity index (χ3n) is 4.51. The zero-order valence-electron chi connectivity index (χ0n) is 14.6. The van der Waals surface area contributed by atoms with Crippen LogP contribution >= 0.6 is 0 Å². The molecule has 8 nitrogen and oxygen atoms in total. The second kappa shape index (κ2) is 8.35. The highest BCUT2D eigenvalue weighted by atomic mass is 16.5. The average Bonchev–Trinajstić information content (AvgIpc) is 2.99. The lowest BCUT2D eigenvalue weighted by atomic mass is 10.2. The maximum absolute atomic E-state index is 10.5. The Morgan fingerprint density at radius 3 is 2.62 bits per heavy atom. The first-order chi connectivity index (χ1) is 11.6. The quantitative estimate of drug-likeness (QED) is 0.745. The van der Waals surface area contributed by atoms with E-state index in [1.165, 1.54) is 6.33 Å². The average molecular weight is 339 g/mol. The highest BCUT2D eigenvalue weighted by Crippen LogP contribution is 2.12. The highest BCUT2D eigenvalue weighted by Gasteiger charge is 2.26. The molecule has 2 aliphatic rings. The number of hydrogen-bond donors (Lipinski definition) is 1. The van der Waals surface area contributed by atoms with Gasteiger partial charge in [0.15, 0.2) is 0 Å². The summed E-state index contributed by atoms with van der Waals surface area (Å²) in [5.74, 6) is 0. The van der Waals surface area contributed by atoms with Gasteiger partial charge in [-0.15, -0.1) is 0 Å². The number of ether oxygens (including phenoxy) is 2. The van der Waals surface area contributed by atoms with Gasteiger partial charge in [-0.2, -0.15) is 5.10 Å². The Bertz CT molecular complexity index is 476. The summed E-state index contributed by atoms with van der Waals surface area (Å²) >= 11 is 0. The van der Waals surface area contributed by atoms with E-state index in [0.29, 0.717) is 26.2 Å². The number of nitrogens with zero attached hydrogens (tertiary/aromatic N) is 5. The van der Waals surface area contributed by atoms with Crippen LogP contribution < -0.4 is 0 Å². The Morgan fingerprint density at radius 2 is 1.92 bits per heavy atom. The van der Waals surface area contributed by atoms with Crippen molar-refractivity contribution in [1.29, 1.82) is 0 Å². The van der Waals surface area contributed by atoms with Gasteiger partial charge in [0.05, 0.1) is 37.6 Å². The number of β-amino-alcohol motifs (C(OH)–C–C–N with tert-alkyl or cyclic N) is 1.